The number of hydrogen-bond donors (Lipinski definition) is 1. The maximum atomic E-state index is 5.69. The summed E-state index contributed by atoms with van der Waals surface area (Å²) < 4.78 is 3.57. The summed E-state index contributed by atoms with van der Waals surface area (Å²) in [6, 6.07) is 5.72. The van der Waals surface area contributed by atoms with Crippen LogP contribution in [0.2, 0.25) is 0 Å². The fourth-order valence-corrected chi connectivity index (χ4v) is 2.15. The van der Waals surface area contributed by atoms with Gasteiger partial charge in [0.2, 0.25) is 0 Å². The summed E-state index contributed by atoms with van der Waals surface area (Å²) in [7, 11) is 0. The maximum absolute atomic E-state index is 5.69. The fourth-order valence-electron chi connectivity index (χ4n) is 1.34. The molecule has 0 aliphatic heterocycles. The number of benzene rings is 1. The van der Waals surface area contributed by atoms with Crippen LogP contribution in [-0.4, -0.2) is 14.8 Å². The van der Waals surface area contributed by atoms with Gasteiger partial charge in [0, 0.05) is 16.2 Å². The molecule has 0 unspecified atom stereocenters. The monoisotopic (exact) mass is 359 g/mol. The van der Waals surface area contributed by atoms with Crippen LogP contribution < -0.4 is 5.73 Å². The third kappa shape index (κ3) is 2.34. The second-order valence-corrected chi connectivity index (χ2v) is 5.40. The normalized spacial score (nSPS) is 10.4. The number of rotatable bonds is 2. The van der Waals surface area contributed by atoms with Gasteiger partial charge in [-0.05, 0) is 34.1 Å². The lowest BCUT2D eigenvalue weighted by Crippen LogP contribution is -2.13. The van der Waals surface area contributed by atoms with Gasteiger partial charge in [0.1, 0.15) is 4.99 Å². The molecule has 0 amide bonds. The van der Waals surface area contributed by atoms with E-state index in [9.17, 15) is 0 Å². The number of nitrogens with two attached hydrogens (primary N) is 1. The summed E-state index contributed by atoms with van der Waals surface area (Å²) in [6.07, 6.45) is 3.57. The quantitative estimate of drug-likeness (QED) is 0.837. The first kappa shape index (κ1) is 11.8. The SMILES string of the molecule is NC(=S)c1cc(Br)ccc1-n1cc(Br)cn1. The Labute approximate surface area is 115 Å². The molecule has 0 radical (unpaired) electrons. The largest absolute Gasteiger partial charge is 0.389 e. The minimum absolute atomic E-state index is 0.350. The molecule has 0 spiro atoms. The molecule has 0 saturated heterocycles. The van der Waals surface area contributed by atoms with Gasteiger partial charge < -0.3 is 5.73 Å². The Morgan fingerprint density at radius 2 is 2.06 bits per heavy atom. The van der Waals surface area contributed by atoms with Crippen molar-refractivity contribution in [1.29, 1.82) is 0 Å². The van der Waals surface area contributed by atoms with E-state index in [-0.39, 0.29) is 0 Å². The Morgan fingerprint density at radius 3 is 2.62 bits per heavy atom. The maximum Gasteiger partial charge on any atom is 0.106 e. The van der Waals surface area contributed by atoms with Gasteiger partial charge in [0.25, 0.3) is 0 Å². The van der Waals surface area contributed by atoms with E-state index in [0.717, 1.165) is 20.2 Å². The molecule has 1 aromatic heterocycles. The molecule has 82 valence electrons. The standard InChI is InChI=1S/C10H7Br2N3S/c11-6-1-2-9(8(3-6)10(13)16)15-5-7(12)4-14-15/h1-5H,(H2,13,16). The molecule has 6 heteroatoms. The number of hydrogen-bond acceptors (Lipinski definition) is 2. The number of halogens is 2. The van der Waals surface area contributed by atoms with Gasteiger partial charge in [-0.25, -0.2) is 4.68 Å². The van der Waals surface area contributed by atoms with Gasteiger partial charge in [-0.1, -0.05) is 28.1 Å². The van der Waals surface area contributed by atoms with E-state index in [0.29, 0.717) is 4.99 Å². The highest BCUT2D eigenvalue weighted by Crippen LogP contribution is 2.21. The summed E-state index contributed by atoms with van der Waals surface area (Å²) in [5, 5.41) is 4.20. The zero-order valence-electron chi connectivity index (χ0n) is 8.02. The second kappa shape index (κ2) is 4.65. The first-order valence-electron chi connectivity index (χ1n) is 4.38. The van der Waals surface area contributed by atoms with E-state index in [4.69, 9.17) is 18.0 Å². The Hall–Kier alpha value is -0.720. The van der Waals surface area contributed by atoms with Gasteiger partial charge in [-0.3, -0.25) is 0 Å². The molecule has 1 aromatic carbocycles. The molecule has 0 aliphatic carbocycles. The Kier molecular flexibility index (Phi) is 3.41. The second-order valence-electron chi connectivity index (χ2n) is 3.13. The lowest BCUT2D eigenvalue weighted by Gasteiger charge is -2.08. The molecule has 0 fully saturated rings. The van der Waals surface area contributed by atoms with Crippen LogP contribution in [0.3, 0.4) is 0 Å². The summed E-state index contributed by atoms with van der Waals surface area (Å²) in [6.45, 7) is 0. The van der Waals surface area contributed by atoms with Crippen LogP contribution in [0.1, 0.15) is 5.56 Å². The van der Waals surface area contributed by atoms with Gasteiger partial charge in [-0.2, -0.15) is 5.10 Å². The van der Waals surface area contributed by atoms with E-state index < -0.39 is 0 Å². The van der Waals surface area contributed by atoms with Crippen LogP contribution in [0.25, 0.3) is 5.69 Å². The minimum atomic E-state index is 0.350. The topological polar surface area (TPSA) is 43.8 Å². The average Bonchev–Trinajstić information content (AvgIpc) is 2.64. The van der Waals surface area contributed by atoms with Crippen LogP contribution in [0.15, 0.2) is 39.5 Å². The third-order valence-electron chi connectivity index (χ3n) is 2.02. The van der Waals surface area contributed by atoms with Crippen molar-refractivity contribution < 1.29 is 0 Å². The van der Waals surface area contributed by atoms with Gasteiger partial charge in [0.05, 0.1) is 16.4 Å². The fraction of sp³-hybridized carbons (Fsp3) is 0. The Balaban J connectivity index is 2.60. The molecular formula is C10H7Br2N3S. The van der Waals surface area contributed by atoms with Crippen molar-refractivity contribution in [2.45, 2.75) is 0 Å². The molecular weight excluding hydrogens is 354 g/mol. The minimum Gasteiger partial charge on any atom is -0.389 e. The van der Waals surface area contributed by atoms with Crippen LogP contribution in [0.5, 0.6) is 0 Å². The van der Waals surface area contributed by atoms with Gasteiger partial charge >= 0.3 is 0 Å². The Bertz CT molecular complexity index is 551. The van der Waals surface area contributed by atoms with E-state index in [1.807, 2.05) is 24.4 Å². The molecule has 3 nitrogen and oxygen atoms in total. The molecule has 0 atom stereocenters. The predicted molar refractivity (Wildman–Crippen MR) is 74.9 cm³/mol. The van der Waals surface area contributed by atoms with Crippen LogP contribution in [0, 0.1) is 0 Å². The summed E-state index contributed by atoms with van der Waals surface area (Å²) in [5.41, 5.74) is 7.34. The number of nitrogens with zero attached hydrogens (tertiary/aromatic N) is 2. The highest BCUT2D eigenvalue weighted by molar-refractivity contribution is 9.10. The molecule has 0 saturated carbocycles. The van der Waals surface area contributed by atoms with Crippen LogP contribution >= 0.6 is 44.1 Å². The molecule has 0 bridgehead atoms. The molecule has 2 N–H and O–H groups in total. The highest BCUT2D eigenvalue weighted by atomic mass is 79.9. The first-order chi connectivity index (χ1) is 7.58. The zero-order chi connectivity index (χ0) is 11.7. The van der Waals surface area contributed by atoms with E-state index in [1.54, 1.807) is 10.9 Å². The lowest BCUT2D eigenvalue weighted by molar-refractivity contribution is 0.878. The molecule has 1 heterocycles. The first-order valence-corrected chi connectivity index (χ1v) is 6.37. The van der Waals surface area contributed by atoms with Gasteiger partial charge in [-0.15, -0.1) is 0 Å². The van der Waals surface area contributed by atoms with Crippen molar-refractivity contribution in [3.8, 4) is 5.69 Å². The van der Waals surface area contributed by atoms with Crippen molar-refractivity contribution >= 4 is 49.1 Å². The third-order valence-corrected chi connectivity index (χ3v) is 3.14. The number of aromatic nitrogens is 2. The summed E-state index contributed by atoms with van der Waals surface area (Å²) in [4.78, 5) is 0.350. The highest BCUT2D eigenvalue weighted by Gasteiger charge is 2.08. The summed E-state index contributed by atoms with van der Waals surface area (Å²) in [5.74, 6) is 0. The van der Waals surface area contributed by atoms with Crippen molar-refractivity contribution in [2.75, 3.05) is 0 Å². The molecule has 2 aromatic rings. The van der Waals surface area contributed by atoms with Crippen LogP contribution in [-0.2, 0) is 0 Å². The zero-order valence-corrected chi connectivity index (χ0v) is 12.0. The van der Waals surface area contributed by atoms with Crippen molar-refractivity contribution in [3.05, 3.63) is 45.1 Å². The van der Waals surface area contributed by atoms with E-state index >= 15 is 0 Å². The average molecular weight is 361 g/mol. The van der Waals surface area contributed by atoms with Crippen molar-refractivity contribution in [3.63, 3.8) is 0 Å². The van der Waals surface area contributed by atoms with Crippen LogP contribution in [0.4, 0.5) is 0 Å². The molecule has 16 heavy (non-hydrogen) atoms. The van der Waals surface area contributed by atoms with E-state index in [2.05, 4.69) is 37.0 Å². The van der Waals surface area contributed by atoms with Crippen molar-refractivity contribution in [2.24, 2.45) is 5.73 Å². The molecule has 0 aliphatic rings. The predicted octanol–water partition coefficient (Wildman–Crippen LogP) is 3.03. The lowest BCUT2D eigenvalue weighted by atomic mass is 10.2. The molecule has 2 rings (SSSR count). The smallest absolute Gasteiger partial charge is 0.106 e. The van der Waals surface area contributed by atoms with E-state index in [1.165, 1.54) is 0 Å². The Morgan fingerprint density at radius 1 is 1.31 bits per heavy atom. The summed E-state index contributed by atoms with van der Waals surface area (Å²) >= 11 is 11.8. The van der Waals surface area contributed by atoms with Crippen molar-refractivity contribution in [1.82, 2.24) is 9.78 Å². The number of thiocarbonyl (C=S) groups is 1. The van der Waals surface area contributed by atoms with Gasteiger partial charge in [0.15, 0.2) is 0 Å².